The van der Waals surface area contributed by atoms with Crippen molar-refractivity contribution < 1.29 is 0 Å². The van der Waals surface area contributed by atoms with Crippen LogP contribution >= 0.6 is 23.2 Å². The van der Waals surface area contributed by atoms with Crippen molar-refractivity contribution in [3.05, 3.63) is 33.8 Å². The zero-order valence-corrected chi connectivity index (χ0v) is 14.5. The van der Waals surface area contributed by atoms with E-state index in [1.165, 1.54) is 18.4 Å². The summed E-state index contributed by atoms with van der Waals surface area (Å²) in [6.07, 6.45) is 5.84. The van der Waals surface area contributed by atoms with Gasteiger partial charge in [-0.15, -0.1) is 0 Å². The van der Waals surface area contributed by atoms with Crippen LogP contribution in [0.1, 0.15) is 57.6 Å². The Morgan fingerprint density at radius 3 is 2.43 bits per heavy atom. The Balaban J connectivity index is 2.14. The van der Waals surface area contributed by atoms with E-state index in [1.807, 2.05) is 12.1 Å². The highest BCUT2D eigenvalue weighted by Gasteiger charge is 2.27. The molecule has 0 saturated heterocycles. The SMILES string of the molecule is CCCN(C1CCC(N)CC1)C(C)c1ccc(Cl)c(Cl)c1. The highest BCUT2D eigenvalue weighted by Crippen LogP contribution is 2.32. The Labute approximate surface area is 138 Å². The third kappa shape index (κ3) is 4.35. The lowest BCUT2D eigenvalue weighted by molar-refractivity contribution is 0.107. The van der Waals surface area contributed by atoms with Gasteiger partial charge < -0.3 is 5.73 Å². The standard InChI is InChI=1S/C17H26Cl2N2/c1-3-10-21(15-7-5-14(20)6-8-15)12(2)13-4-9-16(18)17(19)11-13/h4,9,11-12,14-15H,3,5-8,10,20H2,1-2H3. The molecule has 21 heavy (non-hydrogen) atoms. The van der Waals surface area contributed by atoms with Gasteiger partial charge in [-0.1, -0.05) is 36.2 Å². The molecule has 118 valence electrons. The number of nitrogens with two attached hydrogens (primary N) is 1. The topological polar surface area (TPSA) is 29.3 Å². The maximum Gasteiger partial charge on any atom is 0.0595 e. The number of hydrogen-bond acceptors (Lipinski definition) is 2. The smallest absolute Gasteiger partial charge is 0.0595 e. The van der Waals surface area contributed by atoms with E-state index < -0.39 is 0 Å². The highest BCUT2D eigenvalue weighted by molar-refractivity contribution is 6.42. The fourth-order valence-corrected chi connectivity index (χ4v) is 3.65. The van der Waals surface area contributed by atoms with Crippen molar-refractivity contribution in [2.45, 2.75) is 64.1 Å². The first-order chi connectivity index (χ1) is 10.0. The second-order valence-electron chi connectivity index (χ2n) is 6.16. The second kappa shape index (κ2) is 7.82. The number of halogens is 2. The minimum absolute atomic E-state index is 0.360. The first kappa shape index (κ1) is 17.1. The van der Waals surface area contributed by atoms with Crippen molar-refractivity contribution in [2.24, 2.45) is 5.73 Å². The van der Waals surface area contributed by atoms with Gasteiger partial charge in [0.05, 0.1) is 10.0 Å². The molecular formula is C17H26Cl2N2. The largest absolute Gasteiger partial charge is 0.328 e. The van der Waals surface area contributed by atoms with E-state index in [1.54, 1.807) is 0 Å². The zero-order chi connectivity index (χ0) is 15.4. The van der Waals surface area contributed by atoms with Gasteiger partial charge in [-0.05, 0) is 63.3 Å². The van der Waals surface area contributed by atoms with Crippen molar-refractivity contribution >= 4 is 23.2 Å². The predicted octanol–water partition coefficient (Wildman–Crippen LogP) is 5.04. The summed E-state index contributed by atoms with van der Waals surface area (Å²) in [7, 11) is 0. The van der Waals surface area contributed by atoms with Gasteiger partial charge >= 0.3 is 0 Å². The summed E-state index contributed by atoms with van der Waals surface area (Å²) in [5, 5.41) is 1.27. The summed E-state index contributed by atoms with van der Waals surface area (Å²) in [5.74, 6) is 0. The first-order valence-electron chi connectivity index (χ1n) is 7.99. The van der Waals surface area contributed by atoms with Crippen LogP contribution in [0, 0.1) is 0 Å². The fourth-order valence-electron chi connectivity index (χ4n) is 3.35. The minimum Gasteiger partial charge on any atom is -0.328 e. The van der Waals surface area contributed by atoms with Gasteiger partial charge in [-0.3, -0.25) is 4.90 Å². The summed E-state index contributed by atoms with van der Waals surface area (Å²) >= 11 is 12.2. The lowest BCUT2D eigenvalue weighted by Gasteiger charge is -2.40. The van der Waals surface area contributed by atoms with E-state index >= 15 is 0 Å². The molecule has 0 heterocycles. The molecule has 0 aromatic heterocycles. The zero-order valence-electron chi connectivity index (χ0n) is 13.0. The molecule has 1 aromatic rings. The lowest BCUT2D eigenvalue weighted by atomic mass is 9.89. The first-order valence-corrected chi connectivity index (χ1v) is 8.74. The molecule has 0 spiro atoms. The van der Waals surface area contributed by atoms with Gasteiger partial charge in [0.15, 0.2) is 0 Å². The quantitative estimate of drug-likeness (QED) is 0.820. The van der Waals surface area contributed by atoms with Crippen LogP contribution in [0.2, 0.25) is 10.0 Å². The Bertz CT molecular complexity index is 456. The summed E-state index contributed by atoms with van der Waals surface area (Å²) in [5.41, 5.74) is 7.29. The molecule has 4 heteroatoms. The van der Waals surface area contributed by atoms with Crippen LogP contribution in [0.4, 0.5) is 0 Å². The fraction of sp³-hybridized carbons (Fsp3) is 0.647. The van der Waals surface area contributed by atoms with Crippen LogP contribution in [0.5, 0.6) is 0 Å². The molecule has 1 unspecified atom stereocenters. The Hall–Kier alpha value is -0.280. The molecule has 0 radical (unpaired) electrons. The minimum atomic E-state index is 0.360. The van der Waals surface area contributed by atoms with Crippen molar-refractivity contribution in [3.63, 3.8) is 0 Å². The lowest BCUT2D eigenvalue weighted by Crippen LogP contribution is -2.42. The van der Waals surface area contributed by atoms with Gasteiger partial charge in [0.2, 0.25) is 0 Å². The number of nitrogens with zero attached hydrogens (tertiary/aromatic N) is 1. The highest BCUT2D eigenvalue weighted by atomic mass is 35.5. The molecule has 1 fully saturated rings. The molecule has 1 aliphatic rings. The van der Waals surface area contributed by atoms with Crippen molar-refractivity contribution in [2.75, 3.05) is 6.54 Å². The van der Waals surface area contributed by atoms with Crippen LogP contribution in [0.3, 0.4) is 0 Å². The second-order valence-corrected chi connectivity index (χ2v) is 6.97. The van der Waals surface area contributed by atoms with Crippen LogP contribution in [-0.2, 0) is 0 Å². The van der Waals surface area contributed by atoms with Crippen molar-refractivity contribution in [3.8, 4) is 0 Å². The monoisotopic (exact) mass is 328 g/mol. The van der Waals surface area contributed by atoms with Crippen LogP contribution in [0.15, 0.2) is 18.2 Å². The maximum atomic E-state index is 6.18. The maximum absolute atomic E-state index is 6.18. The Kier molecular flexibility index (Phi) is 6.36. The van der Waals surface area contributed by atoms with Crippen LogP contribution in [0.25, 0.3) is 0 Å². The van der Waals surface area contributed by atoms with Gasteiger partial charge in [0.1, 0.15) is 0 Å². The van der Waals surface area contributed by atoms with E-state index in [4.69, 9.17) is 28.9 Å². The molecule has 2 rings (SSSR count). The molecular weight excluding hydrogens is 303 g/mol. The van der Waals surface area contributed by atoms with Gasteiger partial charge in [0.25, 0.3) is 0 Å². The number of benzene rings is 1. The molecule has 1 aromatic carbocycles. The predicted molar refractivity (Wildman–Crippen MR) is 92.1 cm³/mol. The molecule has 0 bridgehead atoms. The number of rotatable bonds is 5. The average molecular weight is 329 g/mol. The molecule has 2 nitrogen and oxygen atoms in total. The molecule has 0 amide bonds. The van der Waals surface area contributed by atoms with Crippen LogP contribution < -0.4 is 5.73 Å². The van der Waals surface area contributed by atoms with Crippen molar-refractivity contribution in [1.29, 1.82) is 0 Å². The molecule has 2 N–H and O–H groups in total. The van der Waals surface area contributed by atoms with Gasteiger partial charge in [-0.25, -0.2) is 0 Å². The molecule has 1 saturated carbocycles. The van der Waals surface area contributed by atoms with Gasteiger partial charge in [-0.2, -0.15) is 0 Å². The molecule has 0 aliphatic heterocycles. The average Bonchev–Trinajstić information content (AvgIpc) is 2.48. The third-order valence-corrected chi connectivity index (χ3v) is 5.35. The van der Waals surface area contributed by atoms with E-state index in [9.17, 15) is 0 Å². The third-order valence-electron chi connectivity index (χ3n) is 4.62. The van der Waals surface area contributed by atoms with Gasteiger partial charge in [0, 0.05) is 18.1 Å². The number of hydrogen-bond donors (Lipinski definition) is 1. The van der Waals surface area contributed by atoms with E-state index in [0.717, 1.165) is 25.8 Å². The van der Waals surface area contributed by atoms with Crippen molar-refractivity contribution in [1.82, 2.24) is 4.90 Å². The van der Waals surface area contributed by atoms with Crippen LogP contribution in [-0.4, -0.2) is 23.5 Å². The van der Waals surface area contributed by atoms with E-state index in [2.05, 4.69) is 24.8 Å². The Morgan fingerprint density at radius 2 is 1.86 bits per heavy atom. The summed E-state index contributed by atoms with van der Waals surface area (Å²) in [4.78, 5) is 2.62. The molecule has 1 atom stereocenters. The summed E-state index contributed by atoms with van der Waals surface area (Å²) in [6, 6.07) is 7.39. The van der Waals surface area contributed by atoms with E-state index in [0.29, 0.717) is 28.2 Å². The normalized spacial score (nSPS) is 24.3. The summed E-state index contributed by atoms with van der Waals surface area (Å²) in [6.45, 7) is 5.62. The van der Waals surface area contributed by atoms with E-state index in [-0.39, 0.29) is 0 Å². The Morgan fingerprint density at radius 1 is 1.19 bits per heavy atom. The molecule has 1 aliphatic carbocycles. The summed E-state index contributed by atoms with van der Waals surface area (Å²) < 4.78 is 0.